The predicted molar refractivity (Wildman–Crippen MR) is 70.7 cm³/mol. The van der Waals surface area contributed by atoms with Gasteiger partial charge in [-0.1, -0.05) is 0 Å². The number of rotatable bonds is 4. The molecule has 1 aliphatic heterocycles. The molecule has 1 unspecified atom stereocenters. The maximum atomic E-state index is 11.7. The Kier molecular flexibility index (Phi) is 4.83. The van der Waals surface area contributed by atoms with Gasteiger partial charge in [0.15, 0.2) is 9.84 Å². The van der Waals surface area contributed by atoms with E-state index in [1.54, 1.807) is 0 Å². The molecule has 0 aromatic rings. The Morgan fingerprint density at radius 1 is 1.21 bits per heavy atom. The van der Waals surface area contributed by atoms with Crippen LogP contribution in [-0.2, 0) is 19.7 Å². The minimum absolute atomic E-state index is 0.246. The molecule has 1 saturated heterocycles. The van der Waals surface area contributed by atoms with E-state index in [-0.39, 0.29) is 19.0 Å². The minimum Gasteiger partial charge on any atom is -0.465 e. The molecule has 19 heavy (non-hydrogen) atoms. The molecule has 1 amide bonds. The van der Waals surface area contributed by atoms with Crippen molar-refractivity contribution in [2.75, 3.05) is 31.4 Å². The first kappa shape index (κ1) is 16.2. The molecule has 1 rings (SSSR count). The first-order chi connectivity index (χ1) is 8.50. The number of carboxylic acid groups (broad SMARTS) is 1. The van der Waals surface area contributed by atoms with E-state index in [1.807, 2.05) is 0 Å². The summed E-state index contributed by atoms with van der Waals surface area (Å²) in [7, 11) is -6.88. The van der Waals surface area contributed by atoms with Crippen LogP contribution in [0.2, 0.25) is 0 Å². The van der Waals surface area contributed by atoms with Gasteiger partial charge >= 0.3 is 6.09 Å². The van der Waals surface area contributed by atoms with Crippen LogP contribution in [0.25, 0.3) is 0 Å². The molecule has 1 N–H and O–H groups in total. The second-order valence-corrected chi connectivity index (χ2v) is 9.52. The van der Waals surface area contributed by atoms with Crippen molar-refractivity contribution < 1.29 is 26.7 Å². The Bertz CT molecular complexity index is 530. The molecule has 1 aliphatic rings. The molecule has 1 fully saturated rings. The Balaban J connectivity index is 2.82. The minimum atomic E-state index is -3.48. The smallest absolute Gasteiger partial charge is 0.407 e. The number of nitrogens with zero attached hydrogens (tertiary/aromatic N) is 1. The van der Waals surface area contributed by atoms with Gasteiger partial charge in [0, 0.05) is 25.6 Å². The second-order valence-electron chi connectivity index (χ2n) is 5.07. The quantitative estimate of drug-likeness (QED) is 0.772. The number of carbonyl (C=O) groups is 1. The SMILES string of the molecule is CS(=O)(=O)CC(C1CCN(C(=O)O)CC1)S(C)(=O)=O. The van der Waals surface area contributed by atoms with Crippen LogP contribution in [-0.4, -0.2) is 69.5 Å². The van der Waals surface area contributed by atoms with Crippen molar-refractivity contribution in [3.63, 3.8) is 0 Å². The van der Waals surface area contributed by atoms with Crippen molar-refractivity contribution in [2.24, 2.45) is 5.92 Å². The van der Waals surface area contributed by atoms with E-state index in [9.17, 15) is 21.6 Å². The third-order valence-electron chi connectivity index (χ3n) is 3.35. The summed E-state index contributed by atoms with van der Waals surface area (Å²) in [6, 6.07) is 0. The van der Waals surface area contributed by atoms with Gasteiger partial charge in [-0.3, -0.25) is 0 Å². The van der Waals surface area contributed by atoms with Crippen LogP contribution >= 0.6 is 0 Å². The van der Waals surface area contributed by atoms with Gasteiger partial charge in [0.25, 0.3) is 0 Å². The molecule has 112 valence electrons. The topological polar surface area (TPSA) is 109 Å². The largest absolute Gasteiger partial charge is 0.465 e. The van der Waals surface area contributed by atoms with Crippen molar-refractivity contribution >= 4 is 25.8 Å². The lowest BCUT2D eigenvalue weighted by Gasteiger charge is -2.33. The van der Waals surface area contributed by atoms with E-state index in [1.165, 1.54) is 4.90 Å². The molecule has 0 radical (unpaired) electrons. The first-order valence-electron chi connectivity index (χ1n) is 5.85. The highest BCUT2D eigenvalue weighted by Gasteiger charge is 2.36. The fraction of sp³-hybridized carbons (Fsp3) is 0.900. The Hall–Kier alpha value is -0.830. The molecule has 0 aliphatic carbocycles. The van der Waals surface area contributed by atoms with Crippen LogP contribution in [0.5, 0.6) is 0 Å². The zero-order valence-corrected chi connectivity index (χ0v) is 12.6. The molecule has 0 aromatic carbocycles. The van der Waals surface area contributed by atoms with Gasteiger partial charge in [0.05, 0.1) is 11.0 Å². The van der Waals surface area contributed by atoms with Crippen LogP contribution in [0, 0.1) is 5.92 Å². The lowest BCUT2D eigenvalue weighted by atomic mass is 9.94. The molecule has 0 saturated carbocycles. The van der Waals surface area contributed by atoms with Gasteiger partial charge < -0.3 is 10.0 Å². The van der Waals surface area contributed by atoms with Gasteiger partial charge in [-0.05, 0) is 18.8 Å². The molecule has 1 atom stereocenters. The third-order valence-corrected chi connectivity index (χ3v) is 6.18. The molecule has 0 bridgehead atoms. The van der Waals surface area contributed by atoms with Crippen LogP contribution in [0.15, 0.2) is 0 Å². The fourth-order valence-corrected chi connectivity index (χ4v) is 5.94. The van der Waals surface area contributed by atoms with Crippen LogP contribution in [0.3, 0.4) is 0 Å². The van der Waals surface area contributed by atoms with E-state index in [0.29, 0.717) is 12.8 Å². The number of amides is 1. The fourth-order valence-electron chi connectivity index (χ4n) is 2.37. The number of hydrogen-bond acceptors (Lipinski definition) is 5. The second kappa shape index (κ2) is 5.66. The summed E-state index contributed by atoms with van der Waals surface area (Å²) in [4.78, 5) is 12.0. The standard InChI is InChI=1S/C10H19NO6S2/c1-18(14,15)7-9(19(2,16)17)8-3-5-11(6-4-8)10(12)13/h8-9H,3-7H2,1-2H3,(H,12,13). The average molecular weight is 313 g/mol. The third kappa shape index (κ3) is 4.98. The molecule has 7 nitrogen and oxygen atoms in total. The van der Waals surface area contributed by atoms with Crippen LogP contribution in [0.1, 0.15) is 12.8 Å². The van der Waals surface area contributed by atoms with Gasteiger partial charge in [-0.2, -0.15) is 0 Å². The van der Waals surface area contributed by atoms with Crippen molar-refractivity contribution in [3.8, 4) is 0 Å². The summed E-state index contributed by atoms with van der Waals surface area (Å²) < 4.78 is 46.1. The van der Waals surface area contributed by atoms with Gasteiger partial charge in [-0.25, -0.2) is 21.6 Å². The number of piperidine rings is 1. The summed E-state index contributed by atoms with van der Waals surface area (Å²) >= 11 is 0. The predicted octanol–water partition coefficient (Wildman–Crippen LogP) is -0.166. The highest BCUT2D eigenvalue weighted by atomic mass is 32.2. The van der Waals surface area contributed by atoms with E-state index in [2.05, 4.69) is 0 Å². The zero-order valence-electron chi connectivity index (χ0n) is 10.9. The molecule has 9 heteroatoms. The highest BCUT2D eigenvalue weighted by Crippen LogP contribution is 2.26. The van der Waals surface area contributed by atoms with Crippen LogP contribution < -0.4 is 0 Å². The highest BCUT2D eigenvalue weighted by molar-refractivity contribution is 7.94. The van der Waals surface area contributed by atoms with Crippen molar-refractivity contribution in [1.29, 1.82) is 0 Å². The lowest BCUT2D eigenvalue weighted by Crippen LogP contribution is -2.44. The molecule has 0 spiro atoms. The number of sulfone groups is 2. The Labute approximate surface area is 113 Å². The summed E-state index contributed by atoms with van der Waals surface area (Å²) in [5, 5.41) is 7.88. The van der Waals surface area contributed by atoms with E-state index in [4.69, 9.17) is 5.11 Å². The molecule has 1 heterocycles. The normalized spacial score (nSPS) is 20.2. The summed E-state index contributed by atoms with van der Waals surface area (Å²) in [5.74, 6) is -0.704. The number of hydrogen-bond donors (Lipinski definition) is 1. The maximum absolute atomic E-state index is 11.7. The Morgan fingerprint density at radius 3 is 2.00 bits per heavy atom. The maximum Gasteiger partial charge on any atom is 0.407 e. The molecular formula is C10H19NO6S2. The molecule has 0 aromatic heterocycles. The molecular weight excluding hydrogens is 294 g/mol. The van der Waals surface area contributed by atoms with Crippen molar-refractivity contribution in [2.45, 2.75) is 18.1 Å². The van der Waals surface area contributed by atoms with Crippen molar-refractivity contribution in [3.05, 3.63) is 0 Å². The Morgan fingerprint density at radius 2 is 1.68 bits per heavy atom. The van der Waals surface area contributed by atoms with Gasteiger partial charge in [0.2, 0.25) is 0 Å². The van der Waals surface area contributed by atoms with E-state index in [0.717, 1.165) is 12.5 Å². The van der Waals surface area contributed by atoms with Gasteiger partial charge in [0.1, 0.15) is 9.84 Å². The van der Waals surface area contributed by atoms with E-state index >= 15 is 0 Å². The van der Waals surface area contributed by atoms with E-state index < -0.39 is 36.8 Å². The van der Waals surface area contributed by atoms with Crippen LogP contribution in [0.4, 0.5) is 4.79 Å². The lowest BCUT2D eigenvalue weighted by molar-refractivity contribution is 0.124. The zero-order chi connectivity index (χ0) is 14.8. The summed E-state index contributed by atoms with van der Waals surface area (Å²) in [6.07, 6.45) is 1.76. The first-order valence-corrected chi connectivity index (χ1v) is 9.86. The average Bonchev–Trinajstić information content (AvgIpc) is 2.23. The van der Waals surface area contributed by atoms with Gasteiger partial charge in [-0.15, -0.1) is 0 Å². The monoisotopic (exact) mass is 313 g/mol. The number of likely N-dealkylation sites (tertiary alicyclic amines) is 1. The summed E-state index contributed by atoms with van der Waals surface area (Å²) in [6.45, 7) is 0.492. The summed E-state index contributed by atoms with van der Waals surface area (Å²) in [5.41, 5.74) is 0. The van der Waals surface area contributed by atoms with Crippen molar-refractivity contribution in [1.82, 2.24) is 4.90 Å².